The number of piperidine rings is 1. The van der Waals surface area contributed by atoms with Crippen LogP contribution in [0.3, 0.4) is 0 Å². The number of anilines is 1. The van der Waals surface area contributed by atoms with Crippen LogP contribution in [0.15, 0.2) is 18.2 Å². The van der Waals surface area contributed by atoms with Gasteiger partial charge < -0.3 is 21.1 Å². The molecule has 2 rings (SSSR count). The van der Waals surface area contributed by atoms with Crippen LogP contribution < -0.4 is 11.1 Å². The van der Waals surface area contributed by atoms with Crippen molar-refractivity contribution in [2.24, 2.45) is 5.73 Å². The number of carboxylic acid groups (broad SMARTS) is 1. The van der Waals surface area contributed by atoms with Crippen molar-refractivity contribution in [3.8, 4) is 0 Å². The lowest BCUT2D eigenvalue weighted by Gasteiger charge is -2.30. The molecule has 0 aliphatic carbocycles. The van der Waals surface area contributed by atoms with Gasteiger partial charge in [-0.05, 0) is 31.0 Å². The summed E-state index contributed by atoms with van der Waals surface area (Å²) in [7, 11) is 0. The van der Waals surface area contributed by atoms with E-state index in [0.29, 0.717) is 18.8 Å². The minimum absolute atomic E-state index is 0.00432. The Bertz CT molecular complexity index is 536. The fraction of sp³-hybridized carbons (Fsp3) is 0.385. The van der Waals surface area contributed by atoms with Gasteiger partial charge >= 0.3 is 12.0 Å². The van der Waals surface area contributed by atoms with E-state index in [0.717, 1.165) is 12.8 Å². The van der Waals surface area contributed by atoms with Gasteiger partial charge in [0.2, 0.25) is 0 Å². The van der Waals surface area contributed by atoms with Gasteiger partial charge in [0.1, 0.15) is 0 Å². The van der Waals surface area contributed by atoms with Crippen LogP contribution in [0.4, 0.5) is 10.5 Å². The monoisotopic (exact) mass is 297 g/mol. The minimum Gasteiger partial charge on any atom is -0.478 e. The van der Waals surface area contributed by atoms with Gasteiger partial charge in [0, 0.05) is 24.8 Å². The third kappa shape index (κ3) is 3.40. The lowest BCUT2D eigenvalue weighted by Crippen LogP contribution is -2.47. The number of likely N-dealkylation sites (tertiary alicyclic amines) is 1. The topological polar surface area (TPSA) is 95.7 Å². The van der Waals surface area contributed by atoms with E-state index in [-0.39, 0.29) is 22.7 Å². The number of rotatable bonds is 2. The first-order valence-electron chi connectivity index (χ1n) is 6.31. The molecule has 0 bridgehead atoms. The number of urea groups is 1. The van der Waals surface area contributed by atoms with E-state index < -0.39 is 5.97 Å². The molecule has 0 spiro atoms. The normalized spacial score (nSPS) is 18.7. The molecule has 1 aliphatic rings. The van der Waals surface area contributed by atoms with Gasteiger partial charge in [-0.15, -0.1) is 0 Å². The Morgan fingerprint density at radius 3 is 2.80 bits per heavy atom. The Hall–Kier alpha value is -1.79. The van der Waals surface area contributed by atoms with Crippen LogP contribution in [0.25, 0.3) is 0 Å². The van der Waals surface area contributed by atoms with Gasteiger partial charge in [0.15, 0.2) is 0 Å². The van der Waals surface area contributed by atoms with Crippen molar-refractivity contribution < 1.29 is 14.7 Å². The van der Waals surface area contributed by atoms with Crippen LogP contribution in [0.2, 0.25) is 5.02 Å². The third-order valence-corrected chi connectivity index (χ3v) is 3.51. The van der Waals surface area contributed by atoms with Crippen molar-refractivity contribution in [1.82, 2.24) is 4.90 Å². The fourth-order valence-electron chi connectivity index (χ4n) is 2.16. The van der Waals surface area contributed by atoms with E-state index in [1.165, 1.54) is 18.2 Å². The highest BCUT2D eigenvalue weighted by molar-refractivity contribution is 6.33. The minimum atomic E-state index is -1.10. The zero-order chi connectivity index (χ0) is 14.7. The Morgan fingerprint density at radius 1 is 1.45 bits per heavy atom. The van der Waals surface area contributed by atoms with Gasteiger partial charge in [-0.3, -0.25) is 0 Å². The molecule has 1 saturated heterocycles. The Kier molecular flexibility index (Phi) is 4.46. The molecule has 108 valence electrons. The molecule has 1 aromatic rings. The maximum atomic E-state index is 12.0. The molecule has 20 heavy (non-hydrogen) atoms. The maximum Gasteiger partial charge on any atom is 0.337 e. The molecule has 4 N–H and O–H groups in total. The number of amides is 2. The molecule has 1 atom stereocenters. The van der Waals surface area contributed by atoms with Gasteiger partial charge in [-0.1, -0.05) is 11.6 Å². The second-order valence-electron chi connectivity index (χ2n) is 4.78. The number of hydrogen-bond acceptors (Lipinski definition) is 3. The molecule has 2 amide bonds. The largest absolute Gasteiger partial charge is 0.478 e. The summed E-state index contributed by atoms with van der Waals surface area (Å²) >= 11 is 5.85. The Morgan fingerprint density at radius 2 is 2.20 bits per heavy atom. The van der Waals surface area contributed by atoms with Crippen LogP contribution in [0.1, 0.15) is 23.2 Å². The average Bonchev–Trinajstić information content (AvgIpc) is 2.38. The van der Waals surface area contributed by atoms with Gasteiger partial charge in [0.05, 0.1) is 10.6 Å². The lowest BCUT2D eigenvalue weighted by molar-refractivity contribution is 0.0697. The van der Waals surface area contributed by atoms with Gasteiger partial charge in [-0.2, -0.15) is 0 Å². The summed E-state index contributed by atoms with van der Waals surface area (Å²) in [4.78, 5) is 24.5. The fourth-order valence-corrected chi connectivity index (χ4v) is 2.42. The number of nitrogens with one attached hydrogen (secondary N) is 1. The summed E-state index contributed by atoms with van der Waals surface area (Å²) in [5.74, 6) is -1.10. The summed E-state index contributed by atoms with van der Waals surface area (Å²) in [5.41, 5.74) is 6.29. The van der Waals surface area contributed by atoms with Crippen LogP contribution >= 0.6 is 11.6 Å². The van der Waals surface area contributed by atoms with Crippen LogP contribution in [-0.2, 0) is 0 Å². The smallest absolute Gasteiger partial charge is 0.337 e. The highest BCUT2D eigenvalue weighted by Gasteiger charge is 2.21. The second kappa shape index (κ2) is 6.11. The van der Waals surface area contributed by atoms with Crippen molar-refractivity contribution in [3.05, 3.63) is 28.8 Å². The predicted molar refractivity (Wildman–Crippen MR) is 76.2 cm³/mol. The molecule has 1 aliphatic heterocycles. The highest BCUT2D eigenvalue weighted by Crippen LogP contribution is 2.21. The zero-order valence-corrected chi connectivity index (χ0v) is 11.6. The number of carboxylic acids is 1. The van der Waals surface area contributed by atoms with E-state index in [1.807, 2.05) is 0 Å². The molecule has 7 heteroatoms. The summed E-state index contributed by atoms with van der Waals surface area (Å²) in [5, 5.41) is 11.7. The first-order valence-corrected chi connectivity index (χ1v) is 6.69. The summed E-state index contributed by atoms with van der Waals surface area (Å²) in [6.07, 6.45) is 1.80. The number of benzene rings is 1. The molecule has 1 unspecified atom stereocenters. The number of halogens is 1. The quantitative estimate of drug-likeness (QED) is 0.778. The molecule has 1 heterocycles. The van der Waals surface area contributed by atoms with Crippen molar-refractivity contribution in [3.63, 3.8) is 0 Å². The molecule has 1 fully saturated rings. The third-order valence-electron chi connectivity index (χ3n) is 3.20. The average molecular weight is 298 g/mol. The Balaban J connectivity index is 2.04. The summed E-state index contributed by atoms with van der Waals surface area (Å²) in [6, 6.07) is 4.05. The van der Waals surface area contributed by atoms with Crippen molar-refractivity contribution in [2.75, 3.05) is 18.4 Å². The molecule has 1 aromatic carbocycles. The van der Waals surface area contributed by atoms with E-state index >= 15 is 0 Å². The van der Waals surface area contributed by atoms with Gasteiger partial charge in [0.25, 0.3) is 0 Å². The van der Waals surface area contributed by atoms with Gasteiger partial charge in [-0.25, -0.2) is 9.59 Å². The molecule has 0 aromatic heterocycles. The summed E-state index contributed by atoms with van der Waals surface area (Å²) < 4.78 is 0. The number of aromatic carboxylic acids is 1. The van der Waals surface area contributed by atoms with E-state index in [2.05, 4.69) is 5.32 Å². The van der Waals surface area contributed by atoms with Crippen LogP contribution in [0, 0.1) is 0 Å². The molecule has 0 saturated carbocycles. The zero-order valence-electron chi connectivity index (χ0n) is 10.8. The first kappa shape index (κ1) is 14.6. The van der Waals surface area contributed by atoms with E-state index in [9.17, 15) is 9.59 Å². The van der Waals surface area contributed by atoms with Crippen LogP contribution in [0.5, 0.6) is 0 Å². The van der Waals surface area contributed by atoms with Crippen molar-refractivity contribution >= 4 is 29.3 Å². The standard InChI is InChI=1S/C13H16ClN3O3/c14-11-6-9(3-4-10(11)12(18)19)16-13(20)17-5-1-2-8(15)7-17/h3-4,6,8H,1-2,5,7,15H2,(H,16,20)(H,18,19). The van der Waals surface area contributed by atoms with Crippen LogP contribution in [-0.4, -0.2) is 41.1 Å². The first-order chi connectivity index (χ1) is 9.47. The van der Waals surface area contributed by atoms with E-state index in [4.69, 9.17) is 22.4 Å². The van der Waals surface area contributed by atoms with Crippen molar-refractivity contribution in [1.29, 1.82) is 0 Å². The molecule has 6 nitrogen and oxygen atoms in total. The maximum absolute atomic E-state index is 12.0. The number of nitrogens with two attached hydrogens (primary N) is 1. The Labute approximate surface area is 121 Å². The summed E-state index contributed by atoms with van der Waals surface area (Å²) in [6.45, 7) is 1.19. The van der Waals surface area contributed by atoms with E-state index in [1.54, 1.807) is 4.90 Å². The second-order valence-corrected chi connectivity index (χ2v) is 5.19. The predicted octanol–water partition coefficient (Wildman–Crippen LogP) is 1.99. The number of hydrogen-bond donors (Lipinski definition) is 3. The number of carbonyl (C=O) groups is 2. The lowest BCUT2D eigenvalue weighted by atomic mass is 10.1. The number of nitrogens with zero attached hydrogens (tertiary/aromatic N) is 1. The van der Waals surface area contributed by atoms with Crippen molar-refractivity contribution in [2.45, 2.75) is 18.9 Å². The number of carbonyl (C=O) groups excluding carboxylic acids is 1. The molecule has 0 radical (unpaired) electrons. The highest BCUT2D eigenvalue weighted by atomic mass is 35.5. The molecular weight excluding hydrogens is 282 g/mol. The SMILES string of the molecule is NC1CCCN(C(=O)Nc2ccc(C(=O)O)c(Cl)c2)C1. The molecular formula is C13H16ClN3O3.